The molecule has 1 aliphatic rings. The standard InChI is InChI=1S/C20H40S/c1-2-21-19-15-13-11-9-7-5-3-4-6-8-10-12-14-16-20-17-18-20/h20H,2-19H2,1H3. The van der Waals surface area contributed by atoms with Gasteiger partial charge in [0.2, 0.25) is 0 Å². The summed E-state index contributed by atoms with van der Waals surface area (Å²) in [4.78, 5) is 0. The van der Waals surface area contributed by atoms with E-state index >= 15 is 0 Å². The van der Waals surface area contributed by atoms with Gasteiger partial charge in [0.1, 0.15) is 0 Å². The van der Waals surface area contributed by atoms with Crippen molar-refractivity contribution in [2.45, 2.75) is 110 Å². The zero-order valence-electron chi connectivity index (χ0n) is 14.7. The van der Waals surface area contributed by atoms with E-state index in [4.69, 9.17) is 0 Å². The Balaban J connectivity index is 1.59. The molecule has 1 rings (SSSR count). The molecular formula is C20H40S. The maximum atomic E-state index is 2.26. The highest BCUT2D eigenvalue weighted by atomic mass is 32.2. The Labute approximate surface area is 139 Å². The van der Waals surface area contributed by atoms with Gasteiger partial charge in [-0.1, -0.05) is 103 Å². The third-order valence-electron chi connectivity index (χ3n) is 4.80. The van der Waals surface area contributed by atoms with Gasteiger partial charge in [-0.15, -0.1) is 0 Å². The Morgan fingerprint density at radius 2 is 1.05 bits per heavy atom. The minimum absolute atomic E-state index is 1.15. The first-order chi connectivity index (χ1) is 10.4. The summed E-state index contributed by atoms with van der Waals surface area (Å²) in [6, 6.07) is 0. The number of hydrogen-bond acceptors (Lipinski definition) is 1. The van der Waals surface area contributed by atoms with Gasteiger partial charge in [0, 0.05) is 0 Å². The van der Waals surface area contributed by atoms with Gasteiger partial charge in [-0.2, -0.15) is 11.8 Å². The van der Waals surface area contributed by atoms with Crippen molar-refractivity contribution >= 4 is 11.8 Å². The zero-order chi connectivity index (χ0) is 15.0. The highest BCUT2D eigenvalue weighted by molar-refractivity contribution is 7.99. The fourth-order valence-corrected chi connectivity index (χ4v) is 3.83. The van der Waals surface area contributed by atoms with Crippen molar-refractivity contribution in [1.82, 2.24) is 0 Å². The molecule has 0 aliphatic heterocycles. The third kappa shape index (κ3) is 15.0. The second-order valence-corrected chi connectivity index (χ2v) is 8.42. The lowest BCUT2D eigenvalue weighted by Crippen LogP contribution is -1.85. The summed E-state index contributed by atoms with van der Waals surface area (Å²) in [5.74, 6) is 3.83. The lowest BCUT2D eigenvalue weighted by atomic mass is 10.0. The van der Waals surface area contributed by atoms with Crippen LogP contribution in [0.25, 0.3) is 0 Å². The molecule has 0 nitrogen and oxygen atoms in total. The molecule has 0 aromatic carbocycles. The molecule has 0 aromatic rings. The van der Waals surface area contributed by atoms with Crippen LogP contribution in [-0.4, -0.2) is 11.5 Å². The lowest BCUT2D eigenvalue weighted by molar-refractivity contribution is 0.530. The molecule has 0 N–H and O–H groups in total. The molecule has 0 unspecified atom stereocenters. The van der Waals surface area contributed by atoms with Crippen LogP contribution in [0.15, 0.2) is 0 Å². The van der Waals surface area contributed by atoms with Crippen molar-refractivity contribution in [2.24, 2.45) is 5.92 Å². The molecule has 0 saturated heterocycles. The number of rotatable bonds is 17. The summed E-state index contributed by atoms with van der Waals surface area (Å²) in [5.41, 5.74) is 0. The predicted molar refractivity (Wildman–Crippen MR) is 100 cm³/mol. The Bertz CT molecular complexity index is 198. The molecule has 0 radical (unpaired) electrons. The van der Waals surface area contributed by atoms with E-state index in [1.54, 1.807) is 0 Å². The second kappa shape index (κ2) is 15.3. The Kier molecular flexibility index (Phi) is 14.1. The van der Waals surface area contributed by atoms with Crippen molar-refractivity contribution < 1.29 is 0 Å². The fourth-order valence-electron chi connectivity index (χ4n) is 3.13. The van der Waals surface area contributed by atoms with E-state index in [9.17, 15) is 0 Å². The molecule has 0 heterocycles. The van der Waals surface area contributed by atoms with Crippen LogP contribution in [0, 0.1) is 5.92 Å². The van der Waals surface area contributed by atoms with Gasteiger partial charge in [0.05, 0.1) is 0 Å². The van der Waals surface area contributed by atoms with Crippen molar-refractivity contribution in [3.63, 3.8) is 0 Å². The average Bonchev–Trinajstić information content (AvgIpc) is 3.31. The molecule has 126 valence electrons. The van der Waals surface area contributed by atoms with Crippen LogP contribution >= 0.6 is 11.8 Å². The van der Waals surface area contributed by atoms with Crippen molar-refractivity contribution in [2.75, 3.05) is 11.5 Å². The Morgan fingerprint density at radius 3 is 1.48 bits per heavy atom. The van der Waals surface area contributed by atoms with Crippen LogP contribution < -0.4 is 0 Å². The molecule has 0 atom stereocenters. The van der Waals surface area contributed by atoms with E-state index < -0.39 is 0 Å². The van der Waals surface area contributed by atoms with E-state index in [-0.39, 0.29) is 0 Å². The van der Waals surface area contributed by atoms with Gasteiger partial charge in [-0.3, -0.25) is 0 Å². The third-order valence-corrected chi connectivity index (χ3v) is 5.79. The van der Waals surface area contributed by atoms with E-state index in [0.29, 0.717) is 0 Å². The lowest BCUT2D eigenvalue weighted by Gasteiger charge is -2.03. The van der Waals surface area contributed by atoms with Gasteiger partial charge in [-0.25, -0.2) is 0 Å². The summed E-state index contributed by atoms with van der Waals surface area (Å²) in [6.07, 6.45) is 24.0. The smallest absolute Gasteiger partial charge is 0.00676 e. The highest BCUT2D eigenvalue weighted by Gasteiger charge is 2.19. The van der Waals surface area contributed by atoms with Crippen LogP contribution in [0.1, 0.15) is 110 Å². The molecule has 0 bridgehead atoms. The molecule has 1 aliphatic carbocycles. The summed E-state index contributed by atoms with van der Waals surface area (Å²) in [5, 5.41) is 0. The van der Waals surface area contributed by atoms with Gasteiger partial charge in [0.25, 0.3) is 0 Å². The Morgan fingerprint density at radius 1 is 0.619 bits per heavy atom. The quantitative estimate of drug-likeness (QED) is 0.249. The number of thioether (sulfide) groups is 1. The fraction of sp³-hybridized carbons (Fsp3) is 1.00. The van der Waals surface area contributed by atoms with Crippen LogP contribution in [0.4, 0.5) is 0 Å². The predicted octanol–water partition coefficient (Wildman–Crippen LogP) is 7.61. The molecule has 1 heteroatoms. The Hall–Kier alpha value is 0.350. The SMILES string of the molecule is CCSCCCCCCCCCCCCCCCC1CC1. The molecule has 21 heavy (non-hydrogen) atoms. The summed E-state index contributed by atoms with van der Waals surface area (Å²) in [7, 11) is 0. The van der Waals surface area contributed by atoms with Gasteiger partial charge < -0.3 is 0 Å². The zero-order valence-corrected chi connectivity index (χ0v) is 15.5. The van der Waals surface area contributed by atoms with Crippen LogP contribution in [0.3, 0.4) is 0 Å². The van der Waals surface area contributed by atoms with Crippen molar-refractivity contribution in [3.05, 3.63) is 0 Å². The first kappa shape index (κ1) is 19.4. The van der Waals surface area contributed by atoms with Gasteiger partial charge in [0.15, 0.2) is 0 Å². The maximum Gasteiger partial charge on any atom is -0.00676 e. The first-order valence-corrected chi connectivity index (χ1v) is 11.2. The molecule has 0 spiro atoms. The highest BCUT2D eigenvalue weighted by Crippen LogP contribution is 2.34. The van der Waals surface area contributed by atoms with Gasteiger partial charge >= 0.3 is 0 Å². The molecule has 0 aromatic heterocycles. The number of hydrogen-bond donors (Lipinski definition) is 0. The van der Waals surface area contributed by atoms with Crippen molar-refractivity contribution in [3.8, 4) is 0 Å². The second-order valence-electron chi connectivity index (χ2n) is 7.03. The van der Waals surface area contributed by atoms with Crippen molar-refractivity contribution in [1.29, 1.82) is 0 Å². The van der Waals surface area contributed by atoms with Crippen LogP contribution in [-0.2, 0) is 0 Å². The van der Waals surface area contributed by atoms with Crippen LogP contribution in [0.5, 0.6) is 0 Å². The average molecular weight is 313 g/mol. The molecular weight excluding hydrogens is 272 g/mol. The first-order valence-electron chi connectivity index (χ1n) is 10.0. The van der Waals surface area contributed by atoms with Crippen LogP contribution in [0.2, 0.25) is 0 Å². The van der Waals surface area contributed by atoms with E-state index in [0.717, 1.165) is 5.92 Å². The molecule has 1 fully saturated rings. The maximum absolute atomic E-state index is 2.26. The van der Waals surface area contributed by atoms with E-state index in [1.165, 1.54) is 114 Å². The summed E-state index contributed by atoms with van der Waals surface area (Å²) >= 11 is 2.10. The minimum Gasteiger partial charge on any atom is -0.162 e. The number of unbranched alkanes of at least 4 members (excludes halogenated alkanes) is 12. The minimum atomic E-state index is 1.15. The van der Waals surface area contributed by atoms with E-state index in [1.807, 2.05) is 0 Å². The van der Waals surface area contributed by atoms with Gasteiger partial charge in [-0.05, 0) is 23.8 Å². The topological polar surface area (TPSA) is 0 Å². The normalized spacial score (nSPS) is 14.7. The summed E-state index contributed by atoms with van der Waals surface area (Å²) in [6.45, 7) is 2.26. The summed E-state index contributed by atoms with van der Waals surface area (Å²) < 4.78 is 0. The monoisotopic (exact) mass is 312 g/mol. The molecule has 1 saturated carbocycles. The van der Waals surface area contributed by atoms with E-state index in [2.05, 4.69) is 18.7 Å². The largest absolute Gasteiger partial charge is 0.162 e. The molecule has 0 amide bonds.